The highest BCUT2D eigenvalue weighted by molar-refractivity contribution is 8.00. The Labute approximate surface area is 132 Å². The molecule has 0 aliphatic heterocycles. The molecule has 2 nitrogen and oxygen atoms in total. The van der Waals surface area contributed by atoms with E-state index in [1.54, 1.807) is 0 Å². The topological polar surface area (TPSA) is 26.3 Å². The van der Waals surface area contributed by atoms with Gasteiger partial charge < -0.3 is 4.74 Å². The van der Waals surface area contributed by atoms with Gasteiger partial charge in [-0.3, -0.25) is 4.79 Å². The van der Waals surface area contributed by atoms with E-state index in [1.165, 1.54) is 18.7 Å². The first-order valence-corrected chi connectivity index (χ1v) is 8.88. The van der Waals surface area contributed by atoms with E-state index in [-0.39, 0.29) is 24.1 Å². The lowest BCUT2D eigenvalue weighted by Crippen LogP contribution is -2.30. The zero-order valence-corrected chi connectivity index (χ0v) is 14.8. The van der Waals surface area contributed by atoms with Crippen molar-refractivity contribution < 1.29 is 18.3 Å². The first kappa shape index (κ1) is 20.7. The summed E-state index contributed by atoms with van der Waals surface area (Å²) in [5.74, 6) is -2.00. The first-order chi connectivity index (χ1) is 9.61. The normalized spacial score (nSPS) is 14.0. The third-order valence-corrected chi connectivity index (χ3v) is 4.35. The van der Waals surface area contributed by atoms with Crippen LogP contribution >= 0.6 is 11.8 Å². The Kier molecular flexibility index (Phi) is 9.50. The van der Waals surface area contributed by atoms with Crippen LogP contribution in [-0.2, 0) is 9.53 Å². The molecule has 126 valence electrons. The first-order valence-electron chi connectivity index (χ1n) is 7.83. The molecule has 1 unspecified atom stereocenters. The Hall–Kier alpha value is -0.320. The molecule has 0 aromatic rings. The van der Waals surface area contributed by atoms with Crippen LogP contribution in [0.3, 0.4) is 0 Å². The summed E-state index contributed by atoms with van der Waals surface area (Å²) in [6, 6.07) is 0. The summed E-state index contributed by atoms with van der Waals surface area (Å²) >= 11 is 1.53. The van der Waals surface area contributed by atoms with Crippen LogP contribution in [0.15, 0.2) is 0 Å². The van der Waals surface area contributed by atoms with Crippen LogP contribution in [0.1, 0.15) is 73.1 Å². The van der Waals surface area contributed by atoms with Crippen molar-refractivity contribution in [3.63, 3.8) is 0 Å². The van der Waals surface area contributed by atoms with Gasteiger partial charge >= 0.3 is 5.97 Å². The summed E-state index contributed by atoms with van der Waals surface area (Å²) in [6.07, 6.45) is 2.73. The predicted molar refractivity (Wildman–Crippen MR) is 86.1 cm³/mol. The zero-order chi connectivity index (χ0) is 16.5. The van der Waals surface area contributed by atoms with Gasteiger partial charge in [0, 0.05) is 12.8 Å². The molecule has 5 heteroatoms. The highest BCUT2D eigenvalue weighted by Crippen LogP contribution is 2.27. The van der Waals surface area contributed by atoms with Gasteiger partial charge in [0.2, 0.25) is 5.92 Å². The van der Waals surface area contributed by atoms with Gasteiger partial charge in [0.05, 0.1) is 0 Å². The molecule has 0 rings (SSSR count). The fraction of sp³-hybridized carbons (Fsp3) is 0.938. The highest BCUT2D eigenvalue weighted by atomic mass is 32.2. The quantitative estimate of drug-likeness (QED) is 0.395. The van der Waals surface area contributed by atoms with Gasteiger partial charge in [-0.1, -0.05) is 20.3 Å². The average molecular weight is 324 g/mol. The molecule has 0 aliphatic rings. The Balaban J connectivity index is 4.08. The lowest BCUT2D eigenvalue weighted by molar-refractivity contribution is -0.154. The van der Waals surface area contributed by atoms with Gasteiger partial charge in [0.15, 0.2) is 0 Å². The summed E-state index contributed by atoms with van der Waals surface area (Å²) in [5.41, 5.74) is -0.479. The number of rotatable bonds is 10. The number of alkyl halides is 2. The molecular weight excluding hydrogens is 294 g/mol. The molecule has 0 aliphatic carbocycles. The molecule has 0 radical (unpaired) electrons. The number of unbranched alkanes of at least 4 members (excludes halogenated alkanes) is 1. The van der Waals surface area contributed by atoms with Crippen molar-refractivity contribution in [1.82, 2.24) is 0 Å². The van der Waals surface area contributed by atoms with Gasteiger partial charge in [-0.2, -0.15) is 0 Å². The fourth-order valence-electron chi connectivity index (χ4n) is 1.79. The van der Waals surface area contributed by atoms with E-state index in [9.17, 15) is 13.6 Å². The van der Waals surface area contributed by atoms with Crippen LogP contribution in [0.4, 0.5) is 8.78 Å². The smallest absolute Gasteiger partial charge is 0.319 e. The molecule has 0 saturated carbocycles. The van der Waals surface area contributed by atoms with Crippen molar-refractivity contribution in [3.8, 4) is 0 Å². The molecule has 0 saturated heterocycles. The molecule has 0 aromatic heterocycles. The number of esters is 1. The average Bonchev–Trinajstić information content (AvgIpc) is 2.35. The van der Waals surface area contributed by atoms with E-state index < -0.39 is 11.5 Å². The van der Waals surface area contributed by atoms with Crippen molar-refractivity contribution in [1.29, 1.82) is 0 Å². The Morgan fingerprint density at radius 3 is 2.29 bits per heavy atom. The van der Waals surface area contributed by atoms with E-state index in [1.807, 2.05) is 27.7 Å². The second-order valence-corrected chi connectivity index (χ2v) is 7.66. The van der Waals surface area contributed by atoms with Crippen LogP contribution in [0.25, 0.3) is 0 Å². The summed E-state index contributed by atoms with van der Waals surface area (Å²) in [6.45, 7) is 9.09. The SMILES string of the molecule is CCCC(SCCCCC(F)(F)CC)C(=O)OC(C)(C)C. The van der Waals surface area contributed by atoms with Crippen molar-refractivity contribution in [3.05, 3.63) is 0 Å². The van der Waals surface area contributed by atoms with Crippen molar-refractivity contribution in [2.75, 3.05) is 5.75 Å². The van der Waals surface area contributed by atoms with Crippen LogP contribution in [-0.4, -0.2) is 28.5 Å². The number of carbonyl (C=O) groups excluding carboxylic acids is 1. The third-order valence-electron chi connectivity index (χ3n) is 2.99. The molecule has 0 heterocycles. The molecule has 21 heavy (non-hydrogen) atoms. The van der Waals surface area contributed by atoms with Crippen LogP contribution in [0.2, 0.25) is 0 Å². The molecule has 1 atom stereocenters. The molecule has 0 fully saturated rings. The van der Waals surface area contributed by atoms with E-state index in [0.717, 1.165) is 18.6 Å². The molecule has 0 bridgehead atoms. The number of hydrogen-bond donors (Lipinski definition) is 0. The Morgan fingerprint density at radius 1 is 1.19 bits per heavy atom. The maximum absolute atomic E-state index is 13.1. The number of thioether (sulfide) groups is 1. The van der Waals surface area contributed by atoms with Crippen LogP contribution < -0.4 is 0 Å². The Morgan fingerprint density at radius 2 is 1.81 bits per heavy atom. The van der Waals surface area contributed by atoms with E-state index in [4.69, 9.17) is 4.74 Å². The lowest BCUT2D eigenvalue weighted by Gasteiger charge is -2.23. The standard InChI is InChI=1S/C16H30F2O2S/c1-6-10-13(14(19)20-15(3,4)5)21-12-9-8-11-16(17,18)7-2/h13H,6-12H2,1-5H3. The van der Waals surface area contributed by atoms with Crippen molar-refractivity contribution in [2.24, 2.45) is 0 Å². The number of ether oxygens (including phenoxy) is 1. The molecular formula is C16H30F2O2S. The fourth-order valence-corrected chi connectivity index (χ4v) is 3.03. The van der Waals surface area contributed by atoms with Crippen LogP contribution in [0.5, 0.6) is 0 Å². The summed E-state index contributed by atoms with van der Waals surface area (Å²) in [7, 11) is 0. The third kappa shape index (κ3) is 11.0. The number of halogens is 2. The Bertz CT molecular complexity index is 301. The van der Waals surface area contributed by atoms with Gasteiger partial charge in [0.25, 0.3) is 0 Å². The lowest BCUT2D eigenvalue weighted by atomic mass is 10.1. The minimum Gasteiger partial charge on any atom is -0.459 e. The predicted octanol–water partition coefficient (Wildman–Crippen LogP) is 5.45. The van der Waals surface area contributed by atoms with E-state index in [2.05, 4.69) is 0 Å². The monoisotopic (exact) mass is 324 g/mol. The summed E-state index contributed by atoms with van der Waals surface area (Å²) < 4.78 is 31.6. The molecule has 0 N–H and O–H groups in total. The maximum Gasteiger partial charge on any atom is 0.319 e. The van der Waals surface area contributed by atoms with Gasteiger partial charge in [-0.15, -0.1) is 11.8 Å². The second-order valence-electron chi connectivity index (χ2n) is 6.35. The van der Waals surface area contributed by atoms with Crippen molar-refractivity contribution >= 4 is 17.7 Å². The molecule has 0 spiro atoms. The summed E-state index contributed by atoms with van der Waals surface area (Å²) in [5, 5.41) is -0.180. The van der Waals surface area contributed by atoms with Gasteiger partial charge in [-0.05, 0) is 45.8 Å². The van der Waals surface area contributed by atoms with Crippen molar-refractivity contribution in [2.45, 2.75) is 89.9 Å². The van der Waals surface area contributed by atoms with E-state index in [0.29, 0.717) is 12.8 Å². The second kappa shape index (κ2) is 9.65. The molecule has 0 amide bonds. The minimum atomic E-state index is -2.54. The van der Waals surface area contributed by atoms with Gasteiger partial charge in [0.1, 0.15) is 10.9 Å². The molecule has 0 aromatic carbocycles. The maximum atomic E-state index is 13.1. The number of carbonyl (C=O) groups is 1. The summed E-state index contributed by atoms with van der Waals surface area (Å²) in [4.78, 5) is 12.1. The van der Waals surface area contributed by atoms with Gasteiger partial charge in [-0.25, -0.2) is 8.78 Å². The highest BCUT2D eigenvalue weighted by Gasteiger charge is 2.26. The van der Waals surface area contributed by atoms with Crippen LogP contribution in [0, 0.1) is 0 Å². The zero-order valence-electron chi connectivity index (χ0n) is 14.0. The van der Waals surface area contributed by atoms with E-state index >= 15 is 0 Å². The minimum absolute atomic E-state index is 0.0606. The largest absolute Gasteiger partial charge is 0.459 e. The number of hydrogen-bond acceptors (Lipinski definition) is 3.